The second-order valence-electron chi connectivity index (χ2n) is 6.36. The molecular formula is C24H24N2O. The minimum absolute atomic E-state index is 0.292. The number of hydrogen-bond donors (Lipinski definition) is 0. The summed E-state index contributed by atoms with van der Waals surface area (Å²) in [6, 6.07) is 20.0. The fourth-order valence-corrected chi connectivity index (χ4v) is 2.83. The van der Waals surface area contributed by atoms with E-state index in [1.165, 1.54) is 11.1 Å². The van der Waals surface area contributed by atoms with E-state index >= 15 is 0 Å². The normalized spacial score (nSPS) is 12.4. The largest absolute Gasteiger partial charge is 0.355 e. The number of ether oxygens (including phenoxy) is 1. The summed E-state index contributed by atoms with van der Waals surface area (Å²) in [6.45, 7) is 11.9. The zero-order valence-corrected chi connectivity index (χ0v) is 15.9. The molecule has 0 heterocycles. The highest BCUT2D eigenvalue weighted by Gasteiger charge is 2.24. The predicted octanol–water partition coefficient (Wildman–Crippen LogP) is 5.77. The Kier molecular flexibility index (Phi) is 7.12. The average Bonchev–Trinajstić information content (AvgIpc) is 2.74. The lowest BCUT2D eigenvalue weighted by Crippen LogP contribution is -2.13. The van der Waals surface area contributed by atoms with Gasteiger partial charge in [-0.2, -0.15) is 10.5 Å². The molecule has 0 aliphatic rings. The highest BCUT2D eigenvalue weighted by atomic mass is 16.5. The van der Waals surface area contributed by atoms with E-state index in [1.54, 1.807) is 0 Å². The molecule has 0 aliphatic heterocycles. The predicted molar refractivity (Wildman–Crippen MR) is 108 cm³/mol. The molecule has 0 bridgehead atoms. The quantitative estimate of drug-likeness (QED) is 0.564. The summed E-state index contributed by atoms with van der Waals surface area (Å²) in [5.74, 6) is 0. The lowest BCUT2D eigenvalue weighted by atomic mass is 9.98. The summed E-state index contributed by atoms with van der Waals surface area (Å²) >= 11 is 0. The first-order chi connectivity index (χ1) is 13.0. The maximum Gasteiger partial charge on any atom is 0.118 e. The smallest absolute Gasteiger partial charge is 0.118 e. The van der Waals surface area contributed by atoms with Gasteiger partial charge < -0.3 is 4.74 Å². The fourth-order valence-electron chi connectivity index (χ4n) is 2.83. The molecule has 0 fully saturated rings. The maximum absolute atomic E-state index is 9.40. The van der Waals surface area contributed by atoms with Crippen LogP contribution in [0.5, 0.6) is 0 Å². The van der Waals surface area contributed by atoms with Crippen LogP contribution in [0.1, 0.15) is 48.3 Å². The van der Waals surface area contributed by atoms with Crippen molar-refractivity contribution in [3.05, 3.63) is 95.1 Å². The van der Waals surface area contributed by atoms with Crippen LogP contribution in [0.15, 0.2) is 72.8 Å². The van der Waals surface area contributed by atoms with Gasteiger partial charge in [0, 0.05) is 0 Å². The van der Waals surface area contributed by atoms with Gasteiger partial charge in [0.25, 0.3) is 0 Å². The van der Waals surface area contributed by atoms with Crippen molar-refractivity contribution in [3.8, 4) is 12.1 Å². The van der Waals surface area contributed by atoms with Gasteiger partial charge in [-0.1, -0.05) is 75.5 Å². The van der Waals surface area contributed by atoms with Gasteiger partial charge in [-0.05, 0) is 35.1 Å². The summed E-state index contributed by atoms with van der Waals surface area (Å²) in [7, 11) is 0. The Hall–Kier alpha value is -3.14. The van der Waals surface area contributed by atoms with Crippen molar-refractivity contribution < 1.29 is 4.74 Å². The number of nitriles is 2. The van der Waals surface area contributed by atoms with Gasteiger partial charge in [-0.3, -0.25) is 0 Å². The molecule has 27 heavy (non-hydrogen) atoms. The average molecular weight is 356 g/mol. The molecule has 0 aliphatic carbocycles. The maximum atomic E-state index is 9.40. The number of hydrogen-bond acceptors (Lipinski definition) is 3. The molecule has 0 N–H and O–H groups in total. The third-order valence-corrected chi connectivity index (χ3v) is 4.57. The topological polar surface area (TPSA) is 56.8 Å². The van der Waals surface area contributed by atoms with E-state index in [1.807, 2.05) is 48.5 Å². The standard InChI is InChI=1S/C24H24N2O/c1-5-19-7-11-21(12-8-19)23(17(3)15-25)27-24(18(4)16-26)22-13-9-20(6-2)10-14-22/h7-14,23-24H,3-6H2,1-2H3/t23-,24-/m1/s1. The van der Waals surface area contributed by atoms with E-state index in [2.05, 4.69) is 39.1 Å². The van der Waals surface area contributed by atoms with Crippen LogP contribution >= 0.6 is 0 Å². The van der Waals surface area contributed by atoms with Crippen LogP contribution in [0.4, 0.5) is 0 Å². The zero-order valence-electron chi connectivity index (χ0n) is 15.9. The third-order valence-electron chi connectivity index (χ3n) is 4.57. The Morgan fingerprint density at radius 1 is 0.778 bits per heavy atom. The van der Waals surface area contributed by atoms with Crippen molar-refractivity contribution in [3.63, 3.8) is 0 Å². The lowest BCUT2D eigenvalue weighted by Gasteiger charge is -2.25. The summed E-state index contributed by atoms with van der Waals surface area (Å²) in [4.78, 5) is 0. The fraction of sp³-hybridized carbons (Fsp3) is 0.250. The molecule has 0 spiro atoms. The molecule has 3 nitrogen and oxygen atoms in total. The molecule has 2 rings (SSSR count). The van der Waals surface area contributed by atoms with Crippen LogP contribution in [-0.4, -0.2) is 0 Å². The second kappa shape index (κ2) is 9.53. The summed E-state index contributed by atoms with van der Waals surface area (Å²) in [5, 5.41) is 18.8. The Labute approximate surface area is 161 Å². The number of aryl methyl sites for hydroxylation is 2. The number of rotatable bonds is 8. The van der Waals surface area contributed by atoms with E-state index in [9.17, 15) is 10.5 Å². The van der Waals surface area contributed by atoms with Crippen LogP contribution in [0.25, 0.3) is 0 Å². The molecule has 136 valence electrons. The van der Waals surface area contributed by atoms with Crippen molar-refractivity contribution in [1.29, 1.82) is 10.5 Å². The second-order valence-corrected chi connectivity index (χ2v) is 6.36. The zero-order chi connectivity index (χ0) is 19.8. The molecule has 3 heteroatoms. The molecule has 0 amide bonds. The number of benzene rings is 2. The van der Waals surface area contributed by atoms with E-state index in [0.29, 0.717) is 11.1 Å². The van der Waals surface area contributed by atoms with Crippen molar-refractivity contribution in [2.24, 2.45) is 0 Å². The van der Waals surface area contributed by atoms with Crippen LogP contribution in [0.3, 0.4) is 0 Å². The van der Waals surface area contributed by atoms with Crippen LogP contribution < -0.4 is 0 Å². The molecule has 0 unspecified atom stereocenters. The minimum atomic E-state index is -0.637. The van der Waals surface area contributed by atoms with Crippen molar-refractivity contribution >= 4 is 0 Å². The Morgan fingerprint density at radius 2 is 1.11 bits per heavy atom. The Morgan fingerprint density at radius 3 is 1.37 bits per heavy atom. The first kappa shape index (κ1) is 20.2. The molecule has 0 radical (unpaired) electrons. The molecule has 2 aromatic rings. The van der Waals surface area contributed by atoms with E-state index in [0.717, 1.165) is 24.0 Å². The van der Waals surface area contributed by atoms with Crippen LogP contribution in [-0.2, 0) is 17.6 Å². The third kappa shape index (κ3) is 4.94. The summed E-state index contributed by atoms with van der Waals surface area (Å²) in [5.41, 5.74) is 4.65. The monoisotopic (exact) mass is 356 g/mol. The van der Waals surface area contributed by atoms with Gasteiger partial charge >= 0.3 is 0 Å². The van der Waals surface area contributed by atoms with Crippen molar-refractivity contribution in [2.75, 3.05) is 0 Å². The summed E-state index contributed by atoms with van der Waals surface area (Å²) in [6.07, 6.45) is 0.592. The van der Waals surface area contributed by atoms with Crippen LogP contribution in [0, 0.1) is 22.7 Å². The summed E-state index contributed by atoms with van der Waals surface area (Å²) < 4.78 is 6.23. The van der Waals surface area contributed by atoms with Gasteiger partial charge in [0.2, 0.25) is 0 Å². The molecule has 2 atom stereocenters. The first-order valence-electron chi connectivity index (χ1n) is 9.04. The van der Waals surface area contributed by atoms with E-state index < -0.39 is 12.2 Å². The van der Waals surface area contributed by atoms with E-state index in [-0.39, 0.29) is 0 Å². The van der Waals surface area contributed by atoms with Gasteiger partial charge in [-0.25, -0.2) is 0 Å². The van der Waals surface area contributed by atoms with E-state index in [4.69, 9.17) is 4.74 Å². The molecule has 0 saturated carbocycles. The minimum Gasteiger partial charge on any atom is -0.355 e. The van der Waals surface area contributed by atoms with Gasteiger partial charge in [-0.15, -0.1) is 0 Å². The molecular weight excluding hydrogens is 332 g/mol. The van der Waals surface area contributed by atoms with Crippen molar-refractivity contribution in [2.45, 2.75) is 38.9 Å². The molecule has 0 saturated heterocycles. The molecule has 0 aromatic heterocycles. The van der Waals surface area contributed by atoms with Crippen molar-refractivity contribution in [1.82, 2.24) is 0 Å². The SMILES string of the molecule is C=C(C#N)[C@@H](O[C@H](C(=C)C#N)c1ccc(CC)cc1)c1ccc(CC)cc1. The highest BCUT2D eigenvalue weighted by Crippen LogP contribution is 2.35. The first-order valence-corrected chi connectivity index (χ1v) is 9.04. The Balaban J connectivity index is 2.40. The van der Waals surface area contributed by atoms with Gasteiger partial charge in [0.05, 0.1) is 23.3 Å². The number of nitrogens with zero attached hydrogens (tertiary/aromatic N) is 2. The Bertz CT molecular complexity index is 804. The lowest BCUT2D eigenvalue weighted by molar-refractivity contribution is 0.0315. The van der Waals surface area contributed by atoms with Gasteiger partial charge in [0.15, 0.2) is 0 Å². The molecule has 2 aromatic carbocycles. The van der Waals surface area contributed by atoms with Crippen LogP contribution in [0.2, 0.25) is 0 Å². The highest BCUT2D eigenvalue weighted by molar-refractivity contribution is 5.37. The van der Waals surface area contributed by atoms with Gasteiger partial charge in [0.1, 0.15) is 12.2 Å².